The predicted molar refractivity (Wildman–Crippen MR) is 101 cm³/mol. The van der Waals surface area contributed by atoms with E-state index in [1.807, 2.05) is 6.07 Å². The number of hydrogen-bond acceptors (Lipinski definition) is 4. The first kappa shape index (κ1) is 19.5. The molecule has 0 fully saturated rings. The monoisotopic (exact) mass is 434 g/mol. The van der Waals surface area contributed by atoms with Gasteiger partial charge < -0.3 is 15.2 Å². The Morgan fingerprint density at radius 2 is 1.96 bits per heavy atom. The molecule has 0 aliphatic rings. The average molecular weight is 436 g/mol. The number of anilines is 1. The Morgan fingerprint density at radius 1 is 1.27 bits per heavy atom. The average Bonchev–Trinajstić information content (AvgIpc) is 2.60. The standard InChI is InChI=1S/C18H12BrClN2O4/c19-15-8-11(1-6-16(15)26-10-17(23)24)7-12(9-21)18(25)22-14-4-2-13(20)3-5-14/h1-8H,10H2,(H,22,25)(H,23,24)/b12-7+. The number of ether oxygens (including phenoxy) is 1. The van der Waals surface area contributed by atoms with Gasteiger partial charge >= 0.3 is 5.97 Å². The van der Waals surface area contributed by atoms with Crippen molar-refractivity contribution in [1.82, 2.24) is 0 Å². The van der Waals surface area contributed by atoms with E-state index in [-0.39, 0.29) is 5.57 Å². The number of benzene rings is 2. The number of amides is 1. The van der Waals surface area contributed by atoms with Crippen molar-refractivity contribution < 1.29 is 19.4 Å². The van der Waals surface area contributed by atoms with Gasteiger partial charge in [0.25, 0.3) is 5.91 Å². The molecule has 0 atom stereocenters. The van der Waals surface area contributed by atoms with E-state index in [9.17, 15) is 14.9 Å². The third kappa shape index (κ3) is 5.62. The van der Waals surface area contributed by atoms with E-state index in [1.54, 1.807) is 42.5 Å². The summed E-state index contributed by atoms with van der Waals surface area (Å²) in [6, 6.07) is 13.1. The van der Waals surface area contributed by atoms with Gasteiger partial charge in [0.15, 0.2) is 6.61 Å². The number of halogens is 2. The Morgan fingerprint density at radius 3 is 2.54 bits per heavy atom. The van der Waals surface area contributed by atoms with Gasteiger partial charge in [-0.2, -0.15) is 5.26 Å². The van der Waals surface area contributed by atoms with Gasteiger partial charge in [-0.15, -0.1) is 0 Å². The fourth-order valence-electron chi connectivity index (χ4n) is 1.91. The number of carboxylic acids is 1. The van der Waals surface area contributed by atoms with Crippen LogP contribution >= 0.6 is 27.5 Å². The third-order valence-electron chi connectivity index (χ3n) is 3.09. The highest BCUT2D eigenvalue weighted by molar-refractivity contribution is 9.10. The zero-order valence-electron chi connectivity index (χ0n) is 13.2. The van der Waals surface area contributed by atoms with Crippen LogP contribution in [0.1, 0.15) is 5.56 Å². The van der Waals surface area contributed by atoms with Gasteiger partial charge in [0.05, 0.1) is 4.47 Å². The highest BCUT2D eigenvalue weighted by Crippen LogP contribution is 2.27. The number of aliphatic carboxylic acids is 1. The van der Waals surface area contributed by atoms with Crippen molar-refractivity contribution in [3.05, 3.63) is 63.1 Å². The zero-order chi connectivity index (χ0) is 19.1. The van der Waals surface area contributed by atoms with Crippen LogP contribution in [0, 0.1) is 11.3 Å². The second kappa shape index (κ2) is 9.04. The maximum absolute atomic E-state index is 12.2. The fraction of sp³-hybridized carbons (Fsp3) is 0.0556. The molecular formula is C18H12BrClN2O4. The third-order valence-corrected chi connectivity index (χ3v) is 3.96. The molecule has 0 radical (unpaired) electrons. The molecule has 2 rings (SSSR count). The quantitative estimate of drug-likeness (QED) is 0.525. The van der Waals surface area contributed by atoms with Gasteiger partial charge in [-0.25, -0.2) is 4.79 Å². The molecule has 2 N–H and O–H groups in total. The molecule has 0 heterocycles. The highest BCUT2D eigenvalue weighted by atomic mass is 79.9. The summed E-state index contributed by atoms with van der Waals surface area (Å²) in [7, 11) is 0. The number of carbonyl (C=O) groups is 2. The van der Waals surface area contributed by atoms with Crippen LogP contribution < -0.4 is 10.1 Å². The van der Waals surface area contributed by atoms with Crippen molar-refractivity contribution in [2.75, 3.05) is 11.9 Å². The van der Waals surface area contributed by atoms with E-state index in [0.717, 1.165) is 0 Å². The van der Waals surface area contributed by atoms with Crippen molar-refractivity contribution in [3.8, 4) is 11.8 Å². The van der Waals surface area contributed by atoms with Crippen LogP contribution in [-0.2, 0) is 9.59 Å². The minimum atomic E-state index is -1.09. The highest BCUT2D eigenvalue weighted by Gasteiger charge is 2.11. The number of nitrogens with one attached hydrogen (secondary N) is 1. The molecule has 2 aromatic carbocycles. The topological polar surface area (TPSA) is 99.4 Å². The maximum Gasteiger partial charge on any atom is 0.341 e. The van der Waals surface area contributed by atoms with Gasteiger partial charge in [0.1, 0.15) is 17.4 Å². The molecular weight excluding hydrogens is 424 g/mol. The number of carboxylic acid groups (broad SMARTS) is 1. The number of hydrogen-bond donors (Lipinski definition) is 2. The van der Waals surface area contributed by atoms with Crippen molar-refractivity contribution in [3.63, 3.8) is 0 Å². The Bertz CT molecular complexity index is 904. The second-order valence-electron chi connectivity index (χ2n) is 5.00. The zero-order valence-corrected chi connectivity index (χ0v) is 15.5. The molecule has 0 aliphatic carbocycles. The first-order valence-electron chi connectivity index (χ1n) is 7.22. The Labute approximate surface area is 162 Å². The number of carbonyl (C=O) groups excluding carboxylic acids is 1. The molecule has 0 unspecified atom stereocenters. The Hall–Kier alpha value is -2.82. The first-order chi connectivity index (χ1) is 12.4. The lowest BCUT2D eigenvalue weighted by Crippen LogP contribution is -2.13. The van der Waals surface area contributed by atoms with Crippen LogP contribution in [0.4, 0.5) is 5.69 Å². The Kier molecular flexibility index (Phi) is 6.78. The predicted octanol–water partition coefficient (Wildman–Crippen LogP) is 4.11. The van der Waals surface area contributed by atoms with E-state index >= 15 is 0 Å². The number of nitriles is 1. The van der Waals surface area contributed by atoms with E-state index in [2.05, 4.69) is 21.2 Å². The summed E-state index contributed by atoms with van der Waals surface area (Å²) in [5.74, 6) is -1.31. The molecule has 0 aliphatic heterocycles. The van der Waals surface area contributed by atoms with Gasteiger partial charge in [-0.1, -0.05) is 17.7 Å². The molecule has 0 bridgehead atoms. The smallest absolute Gasteiger partial charge is 0.341 e. The summed E-state index contributed by atoms with van der Waals surface area (Å²) in [5, 5.41) is 21.0. The van der Waals surface area contributed by atoms with Gasteiger partial charge in [0.2, 0.25) is 0 Å². The van der Waals surface area contributed by atoms with Crippen LogP contribution in [0.15, 0.2) is 52.5 Å². The second-order valence-corrected chi connectivity index (χ2v) is 6.29. The number of nitrogens with zero attached hydrogens (tertiary/aromatic N) is 1. The molecule has 0 saturated carbocycles. The molecule has 8 heteroatoms. The molecule has 1 amide bonds. The summed E-state index contributed by atoms with van der Waals surface area (Å²) in [5.41, 5.74) is 0.993. The number of rotatable bonds is 6. The summed E-state index contributed by atoms with van der Waals surface area (Å²) >= 11 is 9.05. The minimum absolute atomic E-state index is 0.0916. The lowest BCUT2D eigenvalue weighted by Gasteiger charge is -2.07. The molecule has 0 aromatic heterocycles. The van der Waals surface area contributed by atoms with Crippen LogP contribution in [0.25, 0.3) is 6.08 Å². The van der Waals surface area contributed by atoms with Crippen LogP contribution in [0.3, 0.4) is 0 Å². The van der Waals surface area contributed by atoms with E-state index in [4.69, 9.17) is 21.4 Å². The maximum atomic E-state index is 12.2. The minimum Gasteiger partial charge on any atom is -0.481 e. The fourth-order valence-corrected chi connectivity index (χ4v) is 2.55. The van der Waals surface area contributed by atoms with Crippen LogP contribution in [0.5, 0.6) is 5.75 Å². The molecule has 0 spiro atoms. The molecule has 6 nitrogen and oxygen atoms in total. The van der Waals surface area contributed by atoms with E-state index in [0.29, 0.717) is 26.5 Å². The first-order valence-corrected chi connectivity index (χ1v) is 8.39. The van der Waals surface area contributed by atoms with Crippen molar-refractivity contribution in [1.29, 1.82) is 5.26 Å². The summed E-state index contributed by atoms with van der Waals surface area (Å²) < 4.78 is 5.60. The van der Waals surface area contributed by atoms with Crippen molar-refractivity contribution >= 4 is 51.2 Å². The largest absolute Gasteiger partial charge is 0.481 e. The van der Waals surface area contributed by atoms with Gasteiger partial charge in [-0.3, -0.25) is 4.79 Å². The van der Waals surface area contributed by atoms with Crippen LogP contribution in [0.2, 0.25) is 5.02 Å². The van der Waals surface area contributed by atoms with Crippen molar-refractivity contribution in [2.45, 2.75) is 0 Å². The van der Waals surface area contributed by atoms with Crippen LogP contribution in [-0.4, -0.2) is 23.6 Å². The SMILES string of the molecule is N#C/C(=C\c1ccc(OCC(=O)O)c(Br)c1)C(=O)Nc1ccc(Cl)cc1. The lowest BCUT2D eigenvalue weighted by atomic mass is 10.1. The molecule has 0 saturated heterocycles. The van der Waals surface area contributed by atoms with E-state index < -0.39 is 18.5 Å². The summed E-state index contributed by atoms with van der Waals surface area (Å²) in [4.78, 5) is 22.8. The van der Waals surface area contributed by atoms with E-state index in [1.165, 1.54) is 6.08 Å². The van der Waals surface area contributed by atoms with Gasteiger partial charge in [0, 0.05) is 10.7 Å². The summed E-state index contributed by atoms with van der Waals surface area (Å²) in [6.45, 7) is -0.471. The Balaban J connectivity index is 2.15. The summed E-state index contributed by atoms with van der Waals surface area (Å²) in [6.07, 6.45) is 1.41. The molecule has 26 heavy (non-hydrogen) atoms. The van der Waals surface area contributed by atoms with Crippen molar-refractivity contribution in [2.24, 2.45) is 0 Å². The lowest BCUT2D eigenvalue weighted by molar-refractivity contribution is -0.139. The van der Waals surface area contributed by atoms with Gasteiger partial charge in [-0.05, 0) is 64.0 Å². The normalized spacial score (nSPS) is 10.7. The molecule has 2 aromatic rings. The molecule has 132 valence electrons.